The minimum Gasteiger partial charge on any atom is -0.326 e. The molecule has 1 amide bonds. The van der Waals surface area contributed by atoms with E-state index in [1.54, 1.807) is 12.1 Å². The number of aryl methyl sites for hydroxylation is 1. The van der Waals surface area contributed by atoms with Crippen molar-refractivity contribution in [3.05, 3.63) is 130 Å². The number of hydrogen-bond acceptors (Lipinski definition) is 6. The number of ketones is 1. The monoisotopic (exact) mass is 743 g/mol. The highest BCUT2D eigenvalue weighted by molar-refractivity contribution is 7.84. The third-order valence-electron chi connectivity index (χ3n) is 10.0. The Labute approximate surface area is 312 Å². The van der Waals surface area contributed by atoms with Gasteiger partial charge >= 0.3 is 10.0 Å². The molecule has 0 spiro atoms. The molecule has 274 valence electrons. The first-order valence-electron chi connectivity index (χ1n) is 17.7. The van der Waals surface area contributed by atoms with Crippen LogP contribution in [0.3, 0.4) is 0 Å². The maximum absolute atomic E-state index is 14.0. The highest BCUT2D eigenvalue weighted by Gasteiger charge is 2.27. The summed E-state index contributed by atoms with van der Waals surface area (Å²) >= 11 is 6.16. The minimum atomic E-state index is -3.72. The van der Waals surface area contributed by atoms with Crippen molar-refractivity contribution in [2.75, 3.05) is 11.1 Å². The molecule has 52 heavy (non-hydrogen) atoms. The van der Waals surface area contributed by atoms with E-state index < -0.39 is 15.9 Å². The number of Topliss-reactive ketones (excluding diaryl/α,β-unsaturated/α-hetero) is 1. The SMILES string of the molecule is Cc1cc(Cl)ccc1-c1ccc(NC(=O)[C@H](Cc2ccc(C(=O)CCCS(=O)(=O)[NH2+]OO)cc2)c2ccc(C3=CC[C@@H](C(C)(C)C)CC3)cc2)cc1. The first kappa shape index (κ1) is 39.1. The zero-order valence-corrected chi connectivity index (χ0v) is 31.8. The number of nitrogens with two attached hydrogens (primary N) is 1. The van der Waals surface area contributed by atoms with Gasteiger partial charge < -0.3 is 5.32 Å². The second kappa shape index (κ2) is 17.1. The van der Waals surface area contributed by atoms with Crippen LogP contribution in [-0.4, -0.2) is 31.1 Å². The summed E-state index contributed by atoms with van der Waals surface area (Å²) in [5.74, 6) is -0.491. The molecule has 0 radical (unpaired) electrons. The molecule has 5 rings (SSSR count). The molecule has 2 atom stereocenters. The average molecular weight is 744 g/mol. The van der Waals surface area contributed by atoms with Gasteiger partial charge in [-0.1, -0.05) is 110 Å². The summed E-state index contributed by atoms with van der Waals surface area (Å²) in [5.41, 5.74) is 8.90. The third-order valence-corrected chi connectivity index (χ3v) is 11.5. The van der Waals surface area contributed by atoms with E-state index in [-0.39, 0.29) is 35.7 Å². The summed E-state index contributed by atoms with van der Waals surface area (Å²) in [6, 6.07) is 29.0. The van der Waals surface area contributed by atoms with Crippen LogP contribution in [0.1, 0.15) is 91.4 Å². The second-order valence-corrected chi connectivity index (χ2v) is 17.1. The van der Waals surface area contributed by atoms with E-state index in [0.29, 0.717) is 33.5 Å². The largest absolute Gasteiger partial charge is 0.326 e. The van der Waals surface area contributed by atoms with Crippen LogP contribution in [0.4, 0.5) is 5.69 Å². The van der Waals surface area contributed by atoms with Gasteiger partial charge in [0.1, 0.15) is 5.75 Å². The van der Waals surface area contributed by atoms with E-state index in [2.05, 4.69) is 49.3 Å². The molecule has 8 nitrogen and oxygen atoms in total. The molecule has 0 saturated carbocycles. The molecule has 0 unspecified atom stereocenters. The lowest BCUT2D eigenvalue weighted by Gasteiger charge is -2.33. The molecular weight excluding hydrogens is 696 g/mol. The van der Waals surface area contributed by atoms with Crippen LogP contribution >= 0.6 is 11.6 Å². The number of nitrogens with one attached hydrogen (secondary N) is 1. The number of hydrogen-bond donors (Lipinski definition) is 3. The number of sulfonamides is 1. The molecule has 4 N–H and O–H groups in total. The molecule has 0 saturated heterocycles. The van der Waals surface area contributed by atoms with E-state index in [4.69, 9.17) is 16.9 Å². The van der Waals surface area contributed by atoms with Gasteiger partial charge in [0.05, 0.1) is 5.92 Å². The fraction of sp³-hybridized carbons (Fsp3) is 0.333. The van der Waals surface area contributed by atoms with Crippen molar-refractivity contribution < 1.29 is 33.1 Å². The molecule has 0 aromatic heterocycles. The number of allylic oxidation sites excluding steroid dienone is 2. The fourth-order valence-corrected chi connectivity index (χ4v) is 7.84. The predicted molar refractivity (Wildman–Crippen MR) is 207 cm³/mol. The van der Waals surface area contributed by atoms with Crippen molar-refractivity contribution in [3.63, 3.8) is 0 Å². The summed E-state index contributed by atoms with van der Waals surface area (Å²) in [5, 5.41) is 12.2. The van der Waals surface area contributed by atoms with E-state index in [0.717, 1.165) is 47.1 Å². The Bertz CT molecular complexity index is 2000. The number of carbonyl (C=O) groups excluding carboxylic acids is 2. The van der Waals surface area contributed by atoms with Crippen molar-refractivity contribution in [3.8, 4) is 11.1 Å². The molecule has 0 fully saturated rings. The normalized spacial score (nSPS) is 15.5. The Balaban J connectivity index is 1.33. The van der Waals surface area contributed by atoms with Crippen molar-refractivity contribution in [1.29, 1.82) is 0 Å². The number of primary sulfonamides is 1. The maximum Gasteiger partial charge on any atom is 0.326 e. The summed E-state index contributed by atoms with van der Waals surface area (Å²) in [6.07, 6.45) is 6.16. The summed E-state index contributed by atoms with van der Waals surface area (Å²) < 4.78 is 23.5. The summed E-state index contributed by atoms with van der Waals surface area (Å²) in [4.78, 5) is 30.8. The van der Waals surface area contributed by atoms with Crippen LogP contribution in [0.25, 0.3) is 16.7 Å². The van der Waals surface area contributed by atoms with E-state index >= 15 is 0 Å². The third kappa shape index (κ3) is 10.5. The summed E-state index contributed by atoms with van der Waals surface area (Å²) in [7, 11) is -3.72. The Kier molecular flexibility index (Phi) is 12.9. The number of amides is 1. The van der Waals surface area contributed by atoms with Gasteiger partial charge in [-0.05, 0) is 119 Å². The highest BCUT2D eigenvalue weighted by atomic mass is 35.5. The molecule has 0 bridgehead atoms. The number of quaternary nitrogens is 1. The Morgan fingerprint density at radius 2 is 1.63 bits per heavy atom. The first-order valence-corrected chi connectivity index (χ1v) is 19.8. The smallest absolute Gasteiger partial charge is 0.326 e. The Morgan fingerprint density at radius 3 is 2.23 bits per heavy atom. The quantitative estimate of drug-likeness (QED) is 0.0674. The molecule has 1 aliphatic carbocycles. The lowest BCUT2D eigenvalue weighted by atomic mass is 9.72. The minimum absolute atomic E-state index is 0.0267. The molecule has 4 aromatic carbocycles. The van der Waals surface area contributed by atoms with Gasteiger partial charge in [0.25, 0.3) is 0 Å². The van der Waals surface area contributed by atoms with Gasteiger partial charge in [-0.25, -0.2) is 0 Å². The van der Waals surface area contributed by atoms with Crippen molar-refractivity contribution in [2.24, 2.45) is 11.3 Å². The van der Waals surface area contributed by atoms with Gasteiger partial charge in [-0.3, -0.25) is 9.59 Å². The molecule has 0 aliphatic heterocycles. The number of anilines is 1. The summed E-state index contributed by atoms with van der Waals surface area (Å²) in [6.45, 7) is 8.94. The number of carbonyl (C=O) groups is 2. The van der Waals surface area contributed by atoms with Gasteiger partial charge in [0.2, 0.25) is 5.91 Å². The van der Waals surface area contributed by atoms with Crippen molar-refractivity contribution >= 4 is 44.6 Å². The molecular formula is C42H48ClN2O6S+. The van der Waals surface area contributed by atoms with E-state index in [1.165, 1.54) is 11.1 Å². The van der Waals surface area contributed by atoms with Crippen LogP contribution in [0.15, 0.2) is 97.1 Å². The van der Waals surface area contributed by atoms with Crippen LogP contribution in [0.5, 0.6) is 0 Å². The van der Waals surface area contributed by atoms with E-state index in [1.807, 2.05) is 73.7 Å². The Hall–Kier alpha value is -4.12. The first-order chi connectivity index (χ1) is 24.7. The number of halogens is 1. The van der Waals surface area contributed by atoms with E-state index in [9.17, 15) is 18.0 Å². The van der Waals surface area contributed by atoms with Crippen LogP contribution in [0, 0.1) is 18.3 Å². The molecule has 4 aromatic rings. The molecule has 1 aliphatic rings. The predicted octanol–water partition coefficient (Wildman–Crippen LogP) is 8.77. The highest BCUT2D eigenvalue weighted by Crippen LogP contribution is 2.40. The Morgan fingerprint density at radius 1 is 0.962 bits per heavy atom. The van der Waals surface area contributed by atoms with Gasteiger partial charge in [-0.15, -0.1) is 0 Å². The standard InChI is InChI=1S/C42H47ClN2O6S/c1-28-26-36(43)21-24-38(28)32-17-22-37(23-18-32)44-41(47)39(33-13-11-30(12-14-33)31-15-19-35(20-16-31)42(2,3)4)27-29-7-9-34(10-8-29)40(46)6-5-25-52(49,50)45-51-48/h7-15,17-18,21-24,26,35,39,45,48H,5-6,16,19-20,25,27H2,1-4H3,(H,44,47)/p+1/t35-,39-/m1/s1. The van der Waals surface area contributed by atoms with Crippen LogP contribution < -0.4 is 10.2 Å². The van der Waals surface area contributed by atoms with Crippen molar-refractivity contribution in [1.82, 2.24) is 0 Å². The van der Waals surface area contributed by atoms with Gasteiger partial charge in [0.15, 0.2) is 5.78 Å². The fourth-order valence-electron chi connectivity index (χ4n) is 6.84. The topological polar surface area (TPSA) is 126 Å². The van der Waals surface area contributed by atoms with Crippen molar-refractivity contribution in [2.45, 2.75) is 72.1 Å². The zero-order valence-electron chi connectivity index (χ0n) is 30.2. The van der Waals surface area contributed by atoms with Crippen LogP contribution in [0.2, 0.25) is 5.02 Å². The molecule has 0 heterocycles. The van der Waals surface area contributed by atoms with Gasteiger partial charge in [-0.2, -0.15) is 13.7 Å². The lowest BCUT2D eigenvalue weighted by molar-refractivity contribution is -0.869. The number of rotatable bonds is 14. The lowest BCUT2D eigenvalue weighted by Crippen LogP contribution is -2.86. The average Bonchev–Trinajstić information content (AvgIpc) is 3.11. The number of benzene rings is 4. The van der Waals surface area contributed by atoms with Crippen LogP contribution in [-0.2, 0) is 26.2 Å². The zero-order chi connectivity index (χ0) is 37.5. The second-order valence-electron chi connectivity index (χ2n) is 14.8. The maximum atomic E-state index is 14.0. The molecule has 10 heteroatoms. The van der Waals surface area contributed by atoms with Gasteiger partial charge in [0, 0.05) is 22.7 Å².